The predicted molar refractivity (Wildman–Crippen MR) is 75.6 cm³/mol. The van der Waals surface area contributed by atoms with Crippen molar-refractivity contribution in [3.05, 3.63) is 58.9 Å². The number of rotatable bonds is 4. The molecule has 2 aromatic carbocycles. The highest BCUT2D eigenvalue weighted by Gasteiger charge is 2.17. The molecule has 2 aromatic rings. The molecule has 0 atom stereocenters. The van der Waals surface area contributed by atoms with Crippen molar-refractivity contribution in [3.8, 4) is 0 Å². The van der Waals surface area contributed by atoms with Crippen LogP contribution in [0.3, 0.4) is 0 Å². The van der Waals surface area contributed by atoms with Crippen LogP contribution >= 0.6 is 11.6 Å². The molecule has 0 saturated heterocycles. The van der Waals surface area contributed by atoms with Crippen molar-refractivity contribution in [2.75, 3.05) is 4.72 Å². The van der Waals surface area contributed by atoms with E-state index in [4.69, 9.17) is 16.7 Å². The number of sulfonamides is 1. The van der Waals surface area contributed by atoms with Gasteiger partial charge in [-0.15, -0.1) is 0 Å². The first-order valence-electron chi connectivity index (χ1n) is 5.61. The average molecular weight is 330 g/mol. The van der Waals surface area contributed by atoms with E-state index in [1.807, 2.05) is 0 Å². The number of carboxylic acids is 1. The van der Waals surface area contributed by atoms with Gasteiger partial charge < -0.3 is 5.11 Å². The standard InChI is InChI=1S/C13H9ClFNO4S/c14-9-3-6-11(15)12(7-9)16-21(19,20)10-4-1-8(2-5-10)13(17)18/h1-7,16H,(H,17,18). The SMILES string of the molecule is O=C(O)c1ccc(S(=O)(=O)Nc2cc(Cl)ccc2F)cc1. The minimum atomic E-state index is -4.04. The van der Waals surface area contributed by atoms with Crippen LogP contribution < -0.4 is 4.72 Å². The first kappa shape index (κ1) is 15.3. The molecule has 0 bridgehead atoms. The number of aromatic carboxylic acids is 1. The monoisotopic (exact) mass is 329 g/mol. The van der Waals surface area contributed by atoms with Crippen LogP contribution in [-0.4, -0.2) is 19.5 Å². The molecular weight excluding hydrogens is 321 g/mol. The Labute approximate surface area is 125 Å². The molecule has 2 N–H and O–H groups in total. The van der Waals surface area contributed by atoms with Gasteiger partial charge in [-0.2, -0.15) is 0 Å². The summed E-state index contributed by atoms with van der Waals surface area (Å²) in [7, 11) is -4.04. The maximum atomic E-state index is 13.5. The van der Waals surface area contributed by atoms with Crippen LogP contribution in [0.25, 0.3) is 0 Å². The molecule has 0 aliphatic heterocycles. The highest BCUT2D eigenvalue weighted by molar-refractivity contribution is 7.92. The Kier molecular flexibility index (Phi) is 4.15. The molecule has 8 heteroatoms. The average Bonchev–Trinajstić information content (AvgIpc) is 2.43. The second-order valence-corrected chi connectivity index (χ2v) is 6.18. The van der Waals surface area contributed by atoms with Gasteiger partial charge >= 0.3 is 5.97 Å². The van der Waals surface area contributed by atoms with Gasteiger partial charge in [0.05, 0.1) is 16.1 Å². The van der Waals surface area contributed by atoms with Crippen molar-refractivity contribution in [1.29, 1.82) is 0 Å². The van der Waals surface area contributed by atoms with E-state index >= 15 is 0 Å². The second-order valence-electron chi connectivity index (χ2n) is 4.06. The van der Waals surface area contributed by atoms with Crippen LogP contribution in [-0.2, 0) is 10.0 Å². The summed E-state index contributed by atoms with van der Waals surface area (Å²) in [6.45, 7) is 0. The predicted octanol–water partition coefficient (Wildman–Crippen LogP) is 2.98. The fourth-order valence-electron chi connectivity index (χ4n) is 1.56. The number of anilines is 1. The highest BCUT2D eigenvalue weighted by atomic mass is 35.5. The molecule has 0 spiro atoms. The number of carboxylic acid groups (broad SMARTS) is 1. The lowest BCUT2D eigenvalue weighted by molar-refractivity contribution is 0.0696. The van der Waals surface area contributed by atoms with Gasteiger partial charge in [-0.25, -0.2) is 17.6 Å². The summed E-state index contributed by atoms with van der Waals surface area (Å²) in [4.78, 5) is 10.5. The third-order valence-electron chi connectivity index (χ3n) is 2.58. The Balaban J connectivity index is 2.34. The summed E-state index contributed by atoms with van der Waals surface area (Å²) in [5.74, 6) is -1.95. The van der Waals surface area contributed by atoms with Gasteiger partial charge in [-0.05, 0) is 42.5 Å². The van der Waals surface area contributed by atoms with Gasteiger partial charge in [0.2, 0.25) is 0 Å². The molecule has 0 aromatic heterocycles. The maximum Gasteiger partial charge on any atom is 0.335 e. The van der Waals surface area contributed by atoms with Crippen LogP contribution in [0.2, 0.25) is 5.02 Å². The summed E-state index contributed by atoms with van der Waals surface area (Å²) < 4.78 is 39.7. The Morgan fingerprint density at radius 1 is 1.14 bits per heavy atom. The Morgan fingerprint density at radius 3 is 2.33 bits per heavy atom. The number of carbonyl (C=O) groups is 1. The number of nitrogens with one attached hydrogen (secondary N) is 1. The summed E-state index contributed by atoms with van der Waals surface area (Å²) in [5.41, 5.74) is -0.340. The molecule has 0 aliphatic rings. The Morgan fingerprint density at radius 2 is 1.76 bits per heavy atom. The van der Waals surface area contributed by atoms with E-state index in [0.717, 1.165) is 36.4 Å². The number of halogens is 2. The molecule has 21 heavy (non-hydrogen) atoms. The van der Waals surface area contributed by atoms with Crippen molar-refractivity contribution in [2.24, 2.45) is 0 Å². The zero-order chi connectivity index (χ0) is 15.6. The van der Waals surface area contributed by atoms with Gasteiger partial charge in [0.15, 0.2) is 0 Å². The molecule has 0 fully saturated rings. The normalized spacial score (nSPS) is 11.1. The van der Waals surface area contributed by atoms with E-state index < -0.39 is 21.8 Å². The summed E-state index contributed by atoms with van der Waals surface area (Å²) in [6.07, 6.45) is 0. The van der Waals surface area contributed by atoms with Gasteiger partial charge in [-0.3, -0.25) is 4.72 Å². The summed E-state index contributed by atoms with van der Waals surface area (Å²) in [6, 6.07) is 7.99. The van der Waals surface area contributed by atoms with E-state index in [0.29, 0.717) is 0 Å². The molecule has 0 heterocycles. The van der Waals surface area contributed by atoms with Crippen molar-refractivity contribution in [1.82, 2.24) is 0 Å². The molecule has 0 saturated carbocycles. The van der Waals surface area contributed by atoms with Crippen LogP contribution in [0, 0.1) is 5.82 Å². The number of hydrogen-bond donors (Lipinski definition) is 2. The molecule has 2 rings (SSSR count). The quantitative estimate of drug-likeness (QED) is 0.903. The number of hydrogen-bond acceptors (Lipinski definition) is 3. The van der Waals surface area contributed by atoms with Crippen LogP contribution in [0.4, 0.5) is 10.1 Å². The second kappa shape index (κ2) is 5.71. The first-order valence-corrected chi connectivity index (χ1v) is 7.47. The fraction of sp³-hybridized carbons (Fsp3) is 0. The number of benzene rings is 2. The molecule has 0 aliphatic carbocycles. The lowest BCUT2D eigenvalue weighted by Crippen LogP contribution is -2.14. The largest absolute Gasteiger partial charge is 0.478 e. The van der Waals surface area contributed by atoms with Crippen LogP contribution in [0.15, 0.2) is 47.4 Å². The third kappa shape index (κ3) is 3.50. The van der Waals surface area contributed by atoms with Gasteiger partial charge in [0, 0.05) is 5.02 Å². The van der Waals surface area contributed by atoms with Crippen molar-refractivity contribution in [2.45, 2.75) is 4.90 Å². The zero-order valence-electron chi connectivity index (χ0n) is 10.4. The molecule has 5 nitrogen and oxygen atoms in total. The highest BCUT2D eigenvalue weighted by Crippen LogP contribution is 2.23. The van der Waals surface area contributed by atoms with Crippen LogP contribution in [0.5, 0.6) is 0 Å². The summed E-state index contributed by atoms with van der Waals surface area (Å²) in [5, 5.41) is 8.93. The zero-order valence-corrected chi connectivity index (χ0v) is 12.0. The van der Waals surface area contributed by atoms with Gasteiger partial charge in [-0.1, -0.05) is 11.6 Å². The van der Waals surface area contributed by atoms with E-state index in [1.54, 1.807) is 0 Å². The lowest BCUT2D eigenvalue weighted by Gasteiger charge is -2.09. The van der Waals surface area contributed by atoms with E-state index in [9.17, 15) is 17.6 Å². The minimum absolute atomic E-state index is 0.0529. The molecule has 110 valence electrons. The topological polar surface area (TPSA) is 83.5 Å². The van der Waals surface area contributed by atoms with E-state index in [2.05, 4.69) is 4.72 Å². The Hall–Kier alpha value is -2.12. The lowest BCUT2D eigenvalue weighted by atomic mass is 10.2. The fourth-order valence-corrected chi connectivity index (χ4v) is 2.79. The van der Waals surface area contributed by atoms with Crippen molar-refractivity contribution < 1.29 is 22.7 Å². The van der Waals surface area contributed by atoms with Gasteiger partial charge in [0.1, 0.15) is 5.82 Å². The first-order chi connectivity index (χ1) is 9.79. The summed E-state index contributed by atoms with van der Waals surface area (Å²) >= 11 is 5.68. The third-order valence-corrected chi connectivity index (χ3v) is 4.20. The van der Waals surface area contributed by atoms with Crippen molar-refractivity contribution >= 4 is 33.3 Å². The molecule has 0 radical (unpaired) electrons. The minimum Gasteiger partial charge on any atom is -0.478 e. The molecular formula is C13H9ClFNO4S. The Bertz CT molecular complexity index is 790. The van der Waals surface area contributed by atoms with Crippen molar-refractivity contribution in [3.63, 3.8) is 0 Å². The molecule has 0 unspecified atom stereocenters. The smallest absolute Gasteiger partial charge is 0.335 e. The van der Waals surface area contributed by atoms with Crippen LogP contribution in [0.1, 0.15) is 10.4 Å². The van der Waals surface area contributed by atoms with Gasteiger partial charge in [0.25, 0.3) is 10.0 Å². The van der Waals surface area contributed by atoms with E-state index in [-0.39, 0.29) is 21.2 Å². The van der Waals surface area contributed by atoms with E-state index in [1.165, 1.54) is 6.07 Å². The molecule has 0 amide bonds. The maximum absolute atomic E-state index is 13.5.